The van der Waals surface area contributed by atoms with Crippen molar-refractivity contribution in [2.24, 2.45) is 7.05 Å². The van der Waals surface area contributed by atoms with Crippen molar-refractivity contribution in [1.29, 1.82) is 0 Å². The Morgan fingerprint density at radius 2 is 2.31 bits per heavy atom. The number of carbonyl (C=O) groups excluding carboxylic acids is 1. The predicted molar refractivity (Wildman–Crippen MR) is 91.9 cm³/mol. The highest BCUT2D eigenvalue weighted by Crippen LogP contribution is 2.13. The molecule has 12 heteroatoms. The van der Waals surface area contributed by atoms with Gasteiger partial charge in [-0.3, -0.25) is 4.98 Å². The first-order chi connectivity index (χ1) is 12.6. The van der Waals surface area contributed by atoms with Crippen LogP contribution in [0.5, 0.6) is 0 Å². The monoisotopic (exact) mass is 375 g/mol. The smallest absolute Gasteiger partial charge is 0.317 e. The van der Waals surface area contributed by atoms with Crippen molar-refractivity contribution in [1.82, 2.24) is 45.5 Å². The first-order valence-corrected chi connectivity index (χ1v) is 8.70. The first-order valence-electron chi connectivity index (χ1n) is 7.71. The Kier molecular flexibility index (Phi) is 5.73. The normalized spacial score (nSPS) is 10.7. The van der Waals surface area contributed by atoms with Gasteiger partial charge in [0.05, 0.1) is 0 Å². The molecule has 0 aliphatic carbocycles. The number of nitrogens with zero attached hydrogens (tertiary/aromatic N) is 8. The van der Waals surface area contributed by atoms with Crippen molar-refractivity contribution in [3.8, 4) is 11.5 Å². The van der Waals surface area contributed by atoms with Gasteiger partial charge in [0.1, 0.15) is 12.2 Å². The van der Waals surface area contributed by atoms with Gasteiger partial charge in [-0.2, -0.15) is 4.98 Å². The summed E-state index contributed by atoms with van der Waals surface area (Å²) in [7, 11) is 3.41. The zero-order valence-electron chi connectivity index (χ0n) is 14.2. The molecule has 0 unspecified atom stereocenters. The average molecular weight is 375 g/mol. The van der Waals surface area contributed by atoms with Crippen LogP contribution in [-0.4, -0.2) is 65.6 Å². The summed E-state index contributed by atoms with van der Waals surface area (Å²) in [5.41, 5.74) is 0.616. The highest BCUT2D eigenvalue weighted by molar-refractivity contribution is 7.99. The fraction of sp³-hybridized carbons (Fsp3) is 0.357. The molecule has 0 atom stereocenters. The van der Waals surface area contributed by atoms with E-state index < -0.39 is 0 Å². The number of hydrogen-bond acceptors (Lipinski definition) is 9. The maximum atomic E-state index is 12.1. The molecule has 0 radical (unpaired) electrons. The summed E-state index contributed by atoms with van der Waals surface area (Å²) in [6.07, 6.45) is 1.65. The van der Waals surface area contributed by atoms with Gasteiger partial charge in [0.25, 0.3) is 0 Å². The molecule has 136 valence electrons. The maximum absolute atomic E-state index is 12.1. The Balaban J connectivity index is 1.44. The first kappa shape index (κ1) is 17.8. The molecule has 0 aliphatic rings. The number of aryl methyl sites for hydroxylation is 1. The Morgan fingerprint density at radius 3 is 3.04 bits per heavy atom. The summed E-state index contributed by atoms with van der Waals surface area (Å²) >= 11 is 1.46. The largest absolute Gasteiger partial charge is 0.337 e. The topological polar surface area (TPSA) is 128 Å². The number of hydrogen-bond donors (Lipinski definition) is 1. The summed E-state index contributed by atoms with van der Waals surface area (Å²) in [5, 5.41) is 18.5. The van der Waals surface area contributed by atoms with Crippen molar-refractivity contribution in [2.45, 2.75) is 11.7 Å². The van der Waals surface area contributed by atoms with Crippen molar-refractivity contribution in [3.05, 3.63) is 30.3 Å². The molecular formula is C14H17N9O2S. The van der Waals surface area contributed by atoms with Gasteiger partial charge in [-0.05, 0) is 22.6 Å². The molecule has 0 bridgehead atoms. The summed E-state index contributed by atoms with van der Waals surface area (Å²) in [4.78, 5) is 22.0. The van der Waals surface area contributed by atoms with Gasteiger partial charge in [-0.25, -0.2) is 9.48 Å². The van der Waals surface area contributed by atoms with Crippen molar-refractivity contribution in [3.63, 3.8) is 0 Å². The Hall–Kier alpha value is -3.02. The number of carbonyl (C=O) groups is 1. The lowest BCUT2D eigenvalue weighted by Gasteiger charge is -2.15. The molecule has 0 spiro atoms. The van der Waals surface area contributed by atoms with Gasteiger partial charge in [0.15, 0.2) is 0 Å². The van der Waals surface area contributed by atoms with Crippen LogP contribution in [0.2, 0.25) is 0 Å². The molecule has 0 aliphatic heterocycles. The van der Waals surface area contributed by atoms with Crippen LogP contribution in [0.4, 0.5) is 4.79 Å². The number of amides is 2. The van der Waals surface area contributed by atoms with Gasteiger partial charge in [0, 0.05) is 32.6 Å². The van der Waals surface area contributed by atoms with Crippen LogP contribution in [0.15, 0.2) is 34.1 Å². The van der Waals surface area contributed by atoms with E-state index >= 15 is 0 Å². The minimum atomic E-state index is -0.237. The van der Waals surface area contributed by atoms with Crippen LogP contribution in [0, 0.1) is 0 Å². The Labute approximate surface area is 153 Å². The number of aromatic nitrogens is 7. The van der Waals surface area contributed by atoms with E-state index in [1.807, 2.05) is 12.1 Å². The van der Waals surface area contributed by atoms with E-state index in [-0.39, 0.29) is 12.6 Å². The van der Waals surface area contributed by atoms with Gasteiger partial charge in [-0.15, -0.1) is 5.10 Å². The van der Waals surface area contributed by atoms with Crippen molar-refractivity contribution >= 4 is 17.8 Å². The third kappa shape index (κ3) is 4.53. The Morgan fingerprint density at radius 1 is 1.42 bits per heavy atom. The zero-order chi connectivity index (χ0) is 18.4. The second kappa shape index (κ2) is 8.38. The summed E-state index contributed by atoms with van der Waals surface area (Å²) in [6.45, 7) is 0.676. The average Bonchev–Trinajstić information content (AvgIpc) is 3.28. The number of pyridine rings is 1. The highest BCUT2D eigenvalue weighted by atomic mass is 32.2. The molecule has 1 N–H and O–H groups in total. The standard InChI is InChI=1S/C14H17N9O2S/c1-22(13(24)16-7-8-26-14-18-20-21-23(14)2)9-11-17-12(19-25-11)10-5-3-4-6-15-10/h3-6H,7-9H2,1-2H3,(H,16,24). The summed E-state index contributed by atoms with van der Waals surface area (Å²) in [5.74, 6) is 1.38. The van der Waals surface area contributed by atoms with Gasteiger partial charge in [-0.1, -0.05) is 23.0 Å². The van der Waals surface area contributed by atoms with E-state index in [1.54, 1.807) is 31.0 Å². The van der Waals surface area contributed by atoms with Crippen molar-refractivity contribution in [2.75, 3.05) is 19.3 Å². The van der Waals surface area contributed by atoms with Crippen LogP contribution >= 0.6 is 11.8 Å². The fourth-order valence-corrected chi connectivity index (χ4v) is 2.68. The van der Waals surface area contributed by atoms with Crippen molar-refractivity contribution < 1.29 is 9.32 Å². The fourth-order valence-electron chi connectivity index (χ4n) is 1.97. The Bertz CT molecular complexity index is 851. The number of urea groups is 1. The number of tetrazole rings is 1. The number of nitrogens with one attached hydrogen (secondary N) is 1. The molecule has 3 heterocycles. The quantitative estimate of drug-likeness (QED) is 0.466. The van der Waals surface area contributed by atoms with E-state index in [1.165, 1.54) is 16.7 Å². The zero-order valence-corrected chi connectivity index (χ0v) is 15.0. The lowest BCUT2D eigenvalue weighted by atomic mass is 10.3. The lowest BCUT2D eigenvalue weighted by molar-refractivity contribution is 0.200. The SMILES string of the molecule is CN(Cc1nc(-c2ccccn2)no1)C(=O)NCCSc1nnnn1C. The minimum Gasteiger partial charge on any atom is -0.337 e. The molecule has 3 aromatic heterocycles. The van der Waals surface area contributed by atoms with E-state index in [0.29, 0.717) is 34.9 Å². The summed E-state index contributed by atoms with van der Waals surface area (Å²) < 4.78 is 6.75. The van der Waals surface area contributed by atoms with Gasteiger partial charge >= 0.3 is 6.03 Å². The van der Waals surface area contributed by atoms with Gasteiger partial charge in [0.2, 0.25) is 16.9 Å². The number of thioether (sulfide) groups is 1. The molecular weight excluding hydrogens is 358 g/mol. The highest BCUT2D eigenvalue weighted by Gasteiger charge is 2.15. The molecule has 0 fully saturated rings. The maximum Gasteiger partial charge on any atom is 0.317 e. The molecule has 26 heavy (non-hydrogen) atoms. The molecule has 0 saturated heterocycles. The molecule has 0 saturated carbocycles. The van der Waals surface area contributed by atoms with Crippen LogP contribution in [0.25, 0.3) is 11.5 Å². The summed E-state index contributed by atoms with van der Waals surface area (Å²) in [6, 6.07) is 5.20. The minimum absolute atomic E-state index is 0.200. The van der Waals surface area contributed by atoms with Crippen LogP contribution < -0.4 is 5.32 Å². The lowest BCUT2D eigenvalue weighted by Crippen LogP contribution is -2.37. The van der Waals surface area contributed by atoms with Crippen LogP contribution in [-0.2, 0) is 13.6 Å². The molecule has 3 rings (SSSR count). The molecule has 0 aromatic carbocycles. The van der Waals surface area contributed by atoms with E-state index in [4.69, 9.17) is 4.52 Å². The van der Waals surface area contributed by atoms with E-state index in [9.17, 15) is 4.79 Å². The molecule has 11 nitrogen and oxygen atoms in total. The third-order valence-corrected chi connectivity index (χ3v) is 4.28. The molecule has 2 amide bonds. The van der Waals surface area contributed by atoms with Crippen LogP contribution in [0.3, 0.4) is 0 Å². The number of rotatable bonds is 7. The second-order valence-electron chi connectivity index (χ2n) is 5.25. The van der Waals surface area contributed by atoms with E-state index in [0.717, 1.165) is 0 Å². The van der Waals surface area contributed by atoms with Crippen LogP contribution in [0.1, 0.15) is 5.89 Å². The van der Waals surface area contributed by atoms with Gasteiger partial charge < -0.3 is 14.7 Å². The van der Waals surface area contributed by atoms with E-state index in [2.05, 4.69) is 36.0 Å². The molecule has 3 aromatic rings. The predicted octanol–water partition coefficient (Wildman–Crippen LogP) is 0.589. The second-order valence-corrected chi connectivity index (χ2v) is 6.31. The third-order valence-electron chi connectivity index (χ3n) is 3.27.